The molecule has 4 heteroatoms. The average Bonchev–Trinajstić information content (AvgIpc) is 2.40. The minimum Gasteiger partial charge on any atom is -0.370 e. The van der Waals surface area contributed by atoms with Crippen LogP contribution in [0.15, 0.2) is 59.6 Å². The summed E-state index contributed by atoms with van der Waals surface area (Å²) in [7, 11) is 0. The van der Waals surface area contributed by atoms with E-state index in [2.05, 4.69) is 41.4 Å². The quantitative estimate of drug-likeness (QED) is 0.665. The molecule has 100 valence electrons. The van der Waals surface area contributed by atoms with Crippen molar-refractivity contribution < 1.29 is 0 Å². The number of halogens is 1. The van der Waals surface area contributed by atoms with Gasteiger partial charge in [0.25, 0.3) is 0 Å². The van der Waals surface area contributed by atoms with Crippen molar-refractivity contribution in [1.29, 1.82) is 0 Å². The fourth-order valence-electron chi connectivity index (χ4n) is 1.81. The molecule has 2 aromatic carbocycles. The summed E-state index contributed by atoms with van der Waals surface area (Å²) in [6, 6.07) is 18.8. The molecule has 0 atom stereocenters. The summed E-state index contributed by atoms with van der Waals surface area (Å²) in [5, 5.41) is 0. The lowest BCUT2D eigenvalue weighted by atomic mass is 10.0. The number of nitrogens with zero attached hydrogens (tertiary/aromatic N) is 1. The van der Waals surface area contributed by atoms with Crippen molar-refractivity contribution in [2.24, 2.45) is 16.5 Å². The van der Waals surface area contributed by atoms with Crippen molar-refractivity contribution in [3.8, 4) is 11.1 Å². The lowest BCUT2D eigenvalue weighted by Gasteiger charge is -2.03. The van der Waals surface area contributed by atoms with Crippen LogP contribution in [0.5, 0.6) is 0 Å². The highest BCUT2D eigenvalue weighted by atomic mass is 35.5. The first-order valence-electron chi connectivity index (χ1n) is 5.95. The van der Waals surface area contributed by atoms with Gasteiger partial charge in [-0.2, -0.15) is 0 Å². The molecule has 19 heavy (non-hydrogen) atoms. The molecular formula is C15H18ClN3. The largest absolute Gasteiger partial charge is 0.370 e. The molecule has 0 fully saturated rings. The molecule has 2 aromatic rings. The van der Waals surface area contributed by atoms with Gasteiger partial charge in [-0.15, -0.1) is 12.4 Å². The topological polar surface area (TPSA) is 64.4 Å². The van der Waals surface area contributed by atoms with Gasteiger partial charge >= 0.3 is 0 Å². The molecule has 0 heterocycles. The van der Waals surface area contributed by atoms with Crippen molar-refractivity contribution in [3.63, 3.8) is 0 Å². The van der Waals surface area contributed by atoms with E-state index in [0.29, 0.717) is 6.54 Å². The minimum absolute atomic E-state index is 0. The molecule has 0 unspecified atom stereocenters. The van der Waals surface area contributed by atoms with Gasteiger partial charge in [0.1, 0.15) is 0 Å². The molecular weight excluding hydrogens is 258 g/mol. The van der Waals surface area contributed by atoms with Crippen LogP contribution >= 0.6 is 12.4 Å². The molecule has 0 aliphatic carbocycles. The molecule has 0 aromatic heterocycles. The van der Waals surface area contributed by atoms with Crippen LogP contribution in [0.3, 0.4) is 0 Å². The molecule has 2 rings (SSSR count). The number of hydrogen-bond donors (Lipinski definition) is 2. The van der Waals surface area contributed by atoms with E-state index in [0.717, 1.165) is 6.42 Å². The Bertz CT molecular complexity index is 517. The molecule has 0 aliphatic heterocycles. The van der Waals surface area contributed by atoms with E-state index in [4.69, 9.17) is 11.5 Å². The van der Waals surface area contributed by atoms with Gasteiger partial charge in [-0.3, -0.25) is 4.99 Å². The first-order valence-corrected chi connectivity index (χ1v) is 5.95. The van der Waals surface area contributed by atoms with Crippen molar-refractivity contribution in [2.45, 2.75) is 6.42 Å². The molecule has 0 radical (unpaired) electrons. The Balaban J connectivity index is 0.00000180. The summed E-state index contributed by atoms with van der Waals surface area (Å²) < 4.78 is 0. The summed E-state index contributed by atoms with van der Waals surface area (Å²) >= 11 is 0. The Morgan fingerprint density at radius 1 is 0.842 bits per heavy atom. The standard InChI is InChI=1S/C15H17N3.ClH/c16-15(17)18-11-10-12-6-8-14(9-7-12)13-4-2-1-3-5-13;/h1-9H,10-11H2,(H4,16,17,18);1H. The zero-order chi connectivity index (χ0) is 12.8. The Hall–Kier alpha value is -2.00. The van der Waals surface area contributed by atoms with Crippen molar-refractivity contribution >= 4 is 18.4 Å². The van der Waals surface area contributed by atoms with Crippen molar-refractivity contribution in [2.75, 3.05) is 6.54 Å². The number of rotatable bonds is 4. The summed E-state index contributed by atoms with van der Waals surface area (Å²) in [5.41, 5.74) is 14.3. The fourth-order valence-corrected chi connectivity index (χ4v) is 1.81. The molecule has 0 saturated heterocycles. The zero-order valence-electron chi connectivity index (χ0n) is 10.6. The van der Waals surface area contributed by atoms with E-state index in [-0.39, 0.29) is 18.4 Å². The molecule has 0 aliphatic rings. The number of nitrogens with two attached hydrogens (primary N) is 2. The highest BCUT2D eigenvalue weighted by Crippen LogP contribution is 2.19. The Kier molecular flexibility index (Phi) is 5.90. The van der Waals surface area contributed by atoms with E-state index < -0.39 is 0 Å². The van der Waals surface area contributed by atoms with Crippen LogP contribution in [-0.2, 0) is 6.42 Å². The minimum atomic E-state index is 0. The predicted octanol–water partition coefficient (Wildman–Crippen LogP) is 2.59. The van der Waals surface area contributed by atoms with E-state index in [9.17, 15) is 0 Å². The van der Waals surface area contributed by atoms with Crippen molar-refractivity contribution in [1.82, 2.24) is 0 Å². The third-order valence-corrected chi connectivity index (χ3v) is 2.76. The zero-order valence-corrected chi connectivity index (χ0v) is 11.4. The van der Waals surface area contributed by atoms with Gasteiger partial charge in [-0.1, -0.05) is 54.6 Å². The molecule has 3 nitrogen and oxygen atoms in total. The van der Waals surface area contributed by atoms with E-state index in [1.807, 2.05) is 18.2 Å². The van der Waals surface area contributed by atoms with Crippen LogP contribution in [0, 0.1) is 0 Å². The van der Waals surface area contributed by atoms with E-state index >= 15 is 0 Å². The molecule has 0 spiro atoms. The number of guanidine groups is 1. The Morgan fingerprint density at radius 3 is 2.00 bits per heavy atom. The maximum atomic E-state index is 5.28. The molecule has 0 saturated carbocycles. The smallest absolute Gasteiger partial charge is 0.185 e. The third-order valence-electron chi connectivity index (χ3n) is 2.76. The monoisotopic (exact) mass is 275 g/mol. The SMILES string of the molecule is Cl.NC(N)=NCCc1ccc(-c2ccccc2)cc1. The fraction of sp³-hybridized carbons (Fsp3) is 0.133. The Labute approximate surface area is 119 Å². The van der Waals surface area contributed by atoms with Crippen LogP contribution in [-0.4, -0.2) is 12.5 Å². The second kappa shape index (κ2) is 7.44. The summed E-state index contributed by atoms with van der Waals surface area (Å²) in [6.07, 6.45) is 0.854. The summed E-state index contributed by atoms with van der Waals surface area (Å²) in [6.45, 7) is 0.632. The molecule has 0 amide bonds. The van der Waals surface area contributed by atoms with Crippen LogP contribution in [0.4, 0.5) is 0 Å². The first-order chi connectivity index (χ1) is 8.75. The van der Waals surface area contributed by atoms with Gasteiger partial charge in [0.05, 0.1) is 0 Å². The molecule has 0 bridgehead atoms. The number of aliphatic imine (C=N–C) groups is 1. The summed E-state index contributed by atoms with van der Waals surface area (Å²) in [4.78, 5) is 3.97. The van der Waals surface area contributed by atoms with Gasteiger partial charge < -0.3 is 11.5 Å². The van der Waals surface area contributed by atoms with Crippen LogP contribution in [0.2, 0.25) is 0 Å². The molecule has 4 N–H and O–H groups in total. The average molecular weight is 276 g/mol. The van der Waals surface area contributed by atoms with Gasteiger partial charge in [0, 0.05) is 6.54 Å². The number of benzene rings is 2. The highest BCUT2D eigenvalue weighted by molar-refractivity contribution is 5.85. The van der Waals surface area contributed by atoms with Crippen LogP contribution in [0.25, 0.3) is 11.1 Å². The van der Waals surface area contributed by atoms with E-state index in [1.54, 1.807) is 0 Å². The van der Waals surface area contributed by atoms with E-state index in [1.165, 1.54) is 16.7 Å². The lowest BCUT2D eigenvalue weighted by Crippen LogP contribution is -2.23. The van der Waals surface area contributed by atoms with Crippen molar-refractivity contribution in [3.05, 3.63) is 60.2 Å². The van der Waals surface area contributed by atoms with Crippen LogP contribution in [0.1, 0.15) is 5.56 Å². The maximum absolute atomic E-state index is 5.28. The highest BCUT2D eigenvalue weighted by Gasteiger charge is 1.97. The normalized spacial score (nSPS) is 9.47. The predicted molar refractivity (Wildman–Crippen MR) is 83.5 cm³/mol. The Morgan fingerprint density at radius 2 is 1.42 bits per heavy atom. The third kappa shape index (κ3) is 4.64. The first kappa shape index (κ1) is 15.1. The summed E-state index contributed by atoms with van der Waals surface area (Å²) in [5.74, 6) is 0.149. The van der Waals surface area contributed by atoms with Gasteiger partial charge in [-0.05, 0) is 23.1 Å². The maximum Gasteiger partial charge on any atom is 0.185 e. The lowest BCUT2D eigenvalue weighted by molar-refractivity contribution is 0.962. The second-order valence-corrected chi connectivity index (χ2v) is 4.12. The van der Waals surface area contributed by atoms with Gasteiger partial charge in [-0.25, -0.2) is 0 Å². The number of hydrogen-bond acceptors (Lipinski definition) is 1. The van der Waals surface area contributed by atoms with Crippen LogP contribution < -0.4 is 11.5 Å². The second-order valence-electron chi connectivity index (χ2n) is 4.12. The van der Waals surface area contributed by atoms with Gasteiger partial charge in [0.2, 0.25) is 0 Å². The van der Waals surface area contributed by atoms with Gasteiger partial charge in [0.15, 0.2) is 5.96 Å².